The summed E-state index contributed by atoms with van der Waals surface area (Å²) in [6, 6.07) is 4.21. The molecule has 6 nitrogen and oxygen atoms in total. The van der Waals surface area contributed by atoms with E-state index in [4.69, 9.17) is 9.84 Å². The number of likely N-dealkylation sites (tertiary alicyclic amines) is 1. The molecule has 0 bridgehead atoms. The van der Waals surface area contributed by atoms with Gasteiger partial charge in [0.25, 0.3) is 5.91 Å². The van der Waals surface area contributed by atoms with Crippen LogP contribution < -0.4 is 0 Å². The lowest BCUT2D eigenvalue weighted by Crippen LogP contribution is -2.63. The number of carbonyl (C=O) groups is 2. The Balaban J connectivity index is 1.60. The molecule has 2 heterocycles. The highest BCUT2D eigenvalue weighted by Gasteiger charge is 2.43. The van der Waals surface area contributed by atoms with Crippen LogP contribution in [0.2, 0.25) is 0 Å². The van der Waals surface area contributed by atoms with Crippen LogP contribution >= 0.6 is 0 Å². The molecule has 1 amide bonds. The molecule has 20 heavy (non-hydrogen) atoms. The zero-order valence-electron chi connectivity index (χ0n) is 11.4. The van der Waals surface area contributed by atoms with Crippen LogP contribution in [-0.2, 0) is 9.53 Å². The third-order valence-electron chi connectivity index (χ3n) is 3.82. The van der Waals surface area contributed by atoms with Crippen molar-refractivity contribution >= 4 is 11.9 Å². The maximum absolute atomic E-state index is 12.4. The number of carboxylic acid groups (broad SMARTS) is 1. The van der Waals surface area contributed by atoms with Crippen LogP contribution in [-0.4, -0.2) is 51.7 Å². The number of carboxylic acids is 1. The van der Waals surface area contributed by atoms with Gasteiger partial charge in [-0.1, -0.05) is 0 Å². The second-order valence-corrected chi connectivity index (χ2v) is 5.83. The van der Waals surface area contributed by atoms with E-state index in [0.29, 0.717) is 24.8 Å². The molecule has 6 heteroatoms. The summed E-state index contributed by atoms with van der Waals surface area (Å²) in [5.41, 5.74) is 0.179. The normalized spacial score (nSPS) is 20.6. The van der Waals surface area contributed by atoms with E-state index < -0.39 is 11.6 Å². The van der Waals surface area contributed by atoms with Crippen LogP contribution in [0.3, 0.4) is 0 Å². The van der Waals surface area contributed by atoms with Crippen molar-refractivity contribution in [2.24, 2.45) is 0 Å². The van der Waals surface area contributed by atoms with E-state index in [1.807, 2.05) is 29.8 Å². The second kappa shape index (κ2) is 4.63. The summed E-state index contributed by atoms with van der Waals surface area (Å²) in [4.78, 5) is 24.6. The van der Waals surface area contributed by atoms with E-state index in [1.165, 1.54) is 0 Å². The molecule has 1 aliphatic carbocycles. The lowest BCUT2D eigenvalue weighted by Gasteiger charge is -2.47. The van der Waals surface area contributed by atoms with Crippen molar-refractivity contribution in [1.29, 1.82) is 0 Å². The minimum Gasteiger partial charge on any atom is -0.480 e. The third kappa shape index (κ3) is 2.43. The van der Waals surface area contributed by atoms with Crippen LogP contribution in [0.5, 0.6) is 0 Å². The molecule has 1 saturated heterocycles. The SMILES string of the molecule is CC1(OCC(=O)O)CN(C(=O)c2cccn2C2CC2)C1. The Bertz CT molecular complexity index is 541. The number of aromatic nitrogens is 1. The summed E-state index contributed by atoms with van der Waals surface area (Å²) in [7, 11) is 0. The number of rotatable bonds is 5. The minimum absolute atomic E-state index is 0.00157. The molecule has 0 radical (unpaired) electrons. The number of carbonyl (C=O) groups excluding carboxylic acids is 1. The van der Waals surface area contributed by atoms with Crippen molar-refractivity contribution in [3.05, 3.63) is 24.0 Å². The Morgan fingerprint density at radius 1 is 1.45 bits per heavy atom. The van der Waals surface area contributed by atoms with E-state index in [-0.39, 0.29) is 12.5 Å². The van der Waals surface area contributed by atoms with Crippen molar-refractivity contribution < 1.29 is 19.4 Å². The maximum atomic E-state index is 12.4. The van der Waals surface area contributed by atoms with Crippen molar-refractivity contribution in [3.8, 4) is 0 Å². The average Bonchev–Trinajstić information content (AvgIpc) is 3.10. The first-order valence-electron chi connectivity index (χ1n) is 6.80. The predicted molar refractivity (Wildman–Crippen MR) is 70.6 cm³/mol. The molecule has 0 aromatic carbocycles. The molecular formula is C14H18N2O4. The maximum Gasteiger partial charge on any atom is 0.329 e. The number of hydrogen-bond acceptors (Lipinski definition) is 3. The Hall–Kier alpha value is -1.82. The molecule has 0 atom stereocenters. The van der Waals surface area contributed by atoms with Crippen molar-refractivity contribution in [1.82, 2.24) is 9.47 Å². The number of amides is 1. The van der Waals surface area contributed by atoms with Crippen molar-refractivity contribution in [2.45, 2.75) is 31.4 Å². The van der Waals surface area contributed by atoms with Gasteiger partial charge in [-0.2, -0.15) is 0 Å². The highest BCUT2D eigenvalue weighted by atomic mass is 16.5. The van der Waals surface area contributed by atoms with Crippen molar-refractivity contribution in [2.75, 3.05) is 19.7 Å². The molecule has 108 valence electrons. The molecule has 1 saturated carbocycles. The van der Waals surface area contributed by atoms with Gasteiger partial charge in [0, 0.05) is 12.2 Å². The molecule has 1 aliphatic heterocycles. The molecule has 1 aromatic heterocycles. The fourth-order valence-corrected chi connectivity index (χ4v) is 2.64. The van der Waals surface area contributed by atoms with E-state index in [9.17, 15) is 9.59 Å². The standard InChI is InChI=1S/C14H18N2O4/c1-14(20-7-12(17)18)8-15(9-14)13(19)11-3-2-6-16(11)10-4-5-10/h2-3,6,10H,4-5,7-9H2,1H3,(H,17,18). The number of nitrogens with zero attached hydrogens (tertiary/aromatic N) is 2. The molecule has 2 fully saturated rings. The van der Waals surface area contributed by atoms with Gasteiger partial charge < -0.3 is 19.3 Å². The quantitative estimate of drug-likeness (QED) is 0.876. The third-order valence-corrected chi connectivity index (χ3v) is 3.82. The summed E-state index contributed by atoms with van der Waals surface area (Å²) in [5, 5.41) is 8.62. The molecule has 2 aliphatic rings. The zero-order chi connectivity index (χ0) is 14.3. The van der Waals surface area contributed by atoms with Gasteiger partial charge in [0.15, 0.2) is 0 Å². The monoisotopic (exact) mass is 278 g/mol. The number of ether oxygens (including phenoxy) is 1. The average molecular weight is 278 g/mol. The fraction of sp³-hybridized carbons (Fsp3) is 0.571. The first-order chi connectivity index (χ1) is 9.48. The van der Waals surface area contributed by atoms with Gasteiger partial charge in [0.1, 0.15) is 17.9 Å². The fourth-order valence-electron chi connectivity index (χ4n) is 2.64. The number of aliphatic carboxylic acids is 1. The first kappa shape index (κ1) is 13.2. The summed E-state index contributed by atoms with van der Waals surface area (Å²) >= 11 is 0. The van der Waals surface area contributed by atoms with E-state index in [0.717, 1.165) is 12.8 Å². The summed E-state index contributed by atoms with van der Waals surface area (Å²) in [5.74, 6) is -0.989. The van der Waals surface area contributed by atoms with Gasteiger partial charge in [-0.05, 0) is 31.9 Å². The molecule has 1 N–H and O–H groups in total. The summed E-state index contributed by atoms with van der Waals surface area (Å²) < 4.78 is 7.35. The molecule has 1 aromatic rings. The lowest BCUT2D eigenvalue weighted by molar-refractivity contribution is -0.160. The van der Waals surface area contributed by atoms with Gasteiger partial charge in [0.2, 0.25) is 0 Å². The first-order valence-corrected chi connectivity index (χ1v) is 6.80. The summed E-state index contributed by atoms with van der Waals surface area (Å²) in [6.07, 6.45) is 4.22. The van der Waals surface area contributed by atoms with E-state index in [1.54, 1.807) is 4.90 Å². The smallest absolute Gasteiger partial charge is 0.329 e. The van der Waals surface area contributed by atoms with Crippen LogP contribution in [0, 0.1) is 0 Å². The van der Waals surface area contributed by atoms with Crippen molar-refractivity contribution in [3.63, 3.8) is 0 Å². The Morgan fingerprint density at radius 3 is 2.75 bits per heavy atom. The largest absolute Gasteiger partial charge is 0.480 e. The summed E-state index contributed by atoms with van der Waals surface area (Å²) in [6.45, 7) is 2.39. The van der Waals surface area contributed by atoms with Gasteiger partial charge >= 0.3 is 5.97 Å². The number of hydrogen-bond donors (Lipinski definition) is 1. The zero-order valence-corrected chi connectivity index (χ0v) is 11.4. The lowest BCUT2D eigenvalue weighted by atomic mass is 9.96. The van der Waals surface area contributed by atoms with Crippen LogP contribution in [0.4, 0.5) is 0 Å². The van der Waals surface area contributed by atoms with Gasteiger partial charge in [0.05, 0.1) is 13.1 Å². The van der Waals surface area contributed by atoms with E-state index in [2.05, 4.69) is 0 Å². The van der Waals surface area contributed by atoms with Crippen LogP contribution in [0.1, 0.15) is 36.3 Å². The topological polar surface area (TPSA) is 71.8 Å². The van der Waals surface area contributed by atoms with Crippen LogP contribution in [0.25, 0.3) is 0 Å². The Labute approximate surface area is 116 Å². The van der Waals surface area contributed by atoms with Gasteiger partial charge in [-0.25, -0.2) is 4.79 Å². The second-order valence-electron chi connectivity index (χ2n) is 5.83. The van der Waals surface area contributed by atoms with Crippen LogP contribution in [0.15, 0.2) is 18.3 Å². The molecule has 3 rings (SSSR count). The Kier molecular flexibility index (Phi) is 3.05. The molecule has 0 spiro atoms. The van der Waals surface area contributed by atoms with Gasteiger partial charge in [-0.15, -0.1) is 0 Å². The predicted octanol–water partition coefficient (Wildman–Crippen LogP) is 1.14. The molecular weight excluding hydrogens is 260 g/mol. The van der Waals surface area contributed by atoms with E-state index >= 15 is 0 Å². The minimum atomic E-state index is -0.987. The highest BCUT2D eigenvalue weighted by Crippen LogP contribution is 2.37. The Morgan fingerprint density at radius 2 is 2.15 bits per heavy atom. The molecule has 0 unspecified atom stereocenters. The highest BCUT2D eigenvalue weighted by molar-refractivity contribution is 5.93. The van der Waals surface area contributed by atoms with Gasteiger partial charge in [-0.3, -0.25) is 4.79 Å².